The molecule has 0 saturated carbocycles. The molecule has 5 atom stereocenters. The van der Waals surface area contributed by atoms with Gasteiger partial charge in [0.15, 0.2) is 0 Å². The number of nitrogens with zero attached hydrogens (tertiary/aromatic N) is 1. The zero-order valence-corrected chi connectivity index (χ0v) is 23.7. The summed E-state index contributed by atoms with van der Waals surface area (Å²) in [5, 5.41) is 15.3. The Morgan fingerprint density at radius 1 is 1.00 bits per heavy atom. The van der Waals surface area contributed by atoms with E-state index in [9.17, 15) is 14.4 Å². The molecule has 2 bridgehead atoms. The summed E-state index contributed by atoms with van der Waals surface area (Å²) < 4.78 is 6.85. The number of aliphatic hydroxyl groups is 1. The van der Waals surface area contributed by atoms with Crippen LogP contribution in [-0.2, 0) is 19.1 Å². The number of fused-ring (bicyclic) bond motifs is 1. The maximum Gasteiger partial charge on any atom is 0.250 e. The van der Waals surface area contributed by atoms with E-state index in [1.54, 1.807) is 4.90 Å². The predicted molar refractivity (Wildman–Crippen MR) is 154 cm³/mol. The minimum Gasteiger partial charge on any atom is -0.396 e. The lowest BCUT2D eigenvalue weighted by Gasteiger charge is -2.34. The van der Waals surface area contributed by atoms with Gasteiger partial charge in [-0.05, 0) is 75.3 Å². The average Bonchev–Trinajstić information content (AvgIpc) is 3.55. The maximum absolute atomic E-state index is 14.3. The number of para-hydroxylation sites is 1. The van der Waals surface area contributed by atoms with E-state index >= 15 is 0 Å². The van der Waals surface area contributed by atoms with Crippen LogP contribution < -0.4 is 10.6 Å². The Morgan fingerprint density at radius 3 is 2.48 bits per heavy atom. The lowest BCUT2D eigenvalue weighted by Crippen LogP contribution is -2.53. The third-order valence-corrected chi connectivity index (χ3v) is 9.21. The number of likely N-dealkylation sites (tertiary alicyclic amines) is 1. The molecule has 2 aromatic rings. The van der Waals surface area contributed by atoms with Gasteiger partial charge < -0.3 is 25.4 Å². The van der Waals surface area contributed by atoms with Gasteiger partial charge in [-0.2, -0.15) is 0 Å². The van der Waals surface area contributed by atoms with Crippen molar-refractivity contribution in [3.8, 4) is 0 Å². The van der Waals surface area contributed by atoms with Crippen LogP contribution in [0.15, 0.2) is 48.5 Å². The largest absolute Gasteiger partial charge is 0.396 e. The molecule has 3 heterocycles. The normalized spacial score (nSPS) is 28.6. The number of hydrogen-bond acceptors (Lipinski definition) is 5. The Bertz CT molecular complexity index is 1270. The number of nitrogens with one attached hydrogen (secondary N) is 2. The van der Waals surface area contributed by atoms with Gasteiger partial charge in [0.1, 0.15) is 11.6 Å². The Balaban J connectivity index is 1.49. The van der Waals surface area contributed by atoms with Crippen LogP contribution in [0.1, 0.15) is 63.0 Å². The zero-order chi connectivity index (χ0) is 28.5. The summed E-state index contributed by atoms with van der Waals surface area (Å²) in [7, 11) is 0. The summed E-state index contributed by atoms with van der Waals surface area (Å²) >= 11 is 0. The molecule has 0 radical (unpaired) electrons. The first-order valence-electron chi connectivity index (χ1n) is 14.6. The molecule has 3 aliphatic heterocycles. The molecule has 3 saturated heterocycles. The van der Waals surface area contributed by atoms with Crippen LogP contribution in [0.2, 0.25) is 0 Å². The number of amides is 3. The van der Waals surface area contributed by atoms with Crippen LogP contribution in [0.3, 0.4) is 0 Å². The van der Waals surface area contributed by atoms with E-state index in [4.69, 9.17) is 9.84 Å². The van der Waals surface area contributed by atoms with Crippen LogP contribution in [-0.4, -0.2) is 58.1 Å². The first-order chi connectivity index (χ1) is 19.3. The van der Waals surface area contributed by atoms with E-state index in [1.165, 1.54) is 0 Å². The maximum atomic E-state index is 14.3. The number of rotatable bonds is 11. The van der Waals surface area contributed by atoms with Gasteiger partial charge in [-0.1, -0.05) is 50.1 Å². The van der Waals surface area contributed by atoms with E-state index < -0.39 is 29.1 Å². The van der Waals surface area contributed by atoms with Gasteiger partial charge in [-0.15, -0.1) is 0 Å². The van der Waals surface area contributed by atoms with Gasteiger partial charge in [0.05, 0.1) is 17.4 Å². The van der Waals surface area contributed by atoms with Crippen LogP contribution in [0.4, 0.5) is 11.4 Å². The Morgan fingerprint density at radius 2 is 1.75 bits per heavy atom. The van der Waals surface area contributed by atoms with Crippen molar-refractivity contribution in [2.75, 3.05) is 23.8 Å². The van der Waals surface area contributed by atoms with E-state index in [1.807, 2.05) is 69.3 Å². The van der Waals surface area contributed by atoms with Crippen molar-refractivity contribution in [3.05, 3.63) is 59.7 Å². The number of carbonyl (C=O) groups is 3. The number of aliphatic hydroxyl groups excluding tert-OH is 1. The van der Waals surface area contributed by atoms with Gasteiger partial charge in [-0.3, -0.25) is 14.4 Å². The van der Waals surface area contributed by atoms with Crippen molar-refractivity contribution >= 4 is 29.1 Å². The van der Waals surface area contributed by atoms with Crippen molar-refractivity contribution in [1.29, 1.82) is 0 Å². The fourth-order valence-electron chi connectivity index (χ4n) is 7.22. The zero-order valence-electron chi connectivity index (χ0n) is 23.7. The minimum absolute atomic E-state index is 0.139. The molecule has 3 amide bonds. The molecule has 214 valence electrons. The highest BCUT2D eigenvalue weighted by Gasteiger charge is 2.78. The number of benzene rings is 2. The molecular formula is C32H41N3O5. The summed E-state index contributed by atoms with van der Waals surface area (Å²) in [5.74, 6) is -2.08. The molecule has 5 rings (SSSR count). The molecule has 0 aliphatic carbocycles. The molecule has 3 fully saturated rings. The number of anilines is 2. The second-order valence-electron chi connectivity index (χ2n) is 11.7. The van der Waals surface area contributed by atoms with Crippen molar-refractivity contribution in [1.82, 2.24) is 4.90 Å². The molecule has 8 nitrogen and oxygen atoms in total. The van der Waals surface area contributed by atoms with Gasteiger partial charge >= 0.3 is 0 Å². The third-order valence-electron chi connectivity index (χ3n) is 9.21. The van der Waals surface area contributed by atoms with Crippen molar-refractivity contribution in [2.24, 2.45) is 11.8 Å². The number of aryl methyl sites for hydroxylation is 2. The lowest BCUT2D eigenvalue weighted by molar-refractivity contribution is -0.144. The molecule has 0 aromatic heterocycles. The van der Waals surface area contributed by atoms with Crippen LogP contribution in [0, 0.1) is 25.7 Å². The number of unbranched alkanes of at least 4 members (excludes halogenated alkanes) is 3. The van der Waals surface area contributed by atoms with Gasteiger partial charge in [0.2, 0.25) is 17.7 Å². The number of carbonyl (C=O) groups excluding carboxylic acids is 3. The highest BCUT2D eigenvalue weighted by molar-refractivity contribution is 6.05. The second kappa shape index (κ2) is 11.3. The molecule has 3 aliphatic rings. The summed E-state index contributed by atoms with van der Waals surface area (Å²) in [4.78, 5) is 43.9. The second-order valence-corrected chi connectivity index (χ2v) is 11.7. The van der Waals surface area contributed by atoms with E-state index in [-0.39, 0.29) is 24.3 Å². The predicted octanol–water partition coefficient (Wildman–Crippen LogP) is 4.59. The van der Waals surface area contributed by atoms with E-state index in [0.717, 1.165) is 29.7 Å². The molecule has 8 heteroatoms. The van der Waals surface area contributed by atoms with Crippen molar-refractivity contribution in [2.45, 2.75) is 83.0 Å². The molecule has 2 aromatic carbocycles. The molecule has 40 heavy (non-hydrogen) atoms. The summed E-state index contributed by atoms with van der Waals surface area (Å²) in [5.41, 5.74) is 1.51. The first-order valence-corrected chi connectivity index (χ1v) is 14.6. The van der Waals surface area contributed by atoms with Gasteiger partial charge in [0.25, 0.3) is 0 Å². The number of ether oxygens (including phenoxy) is 1. The monoisotopic (exact) mass is 547 g/mol. The van der Waals surface area contributed by atoms with Crippen molar-refractivity contribution in [3.63, 3.8) is 0 Å². The highest BCUT2D eigenvalue weighted by Crippen LogP contribution is 2.64. The standard InChI is InChI=1S/C32H41N3O5/c1-4-31-16-17-32(40-31)26(25(31)28(37)33-23-12-8-7-9-13-23)30(39)35(18-10-5-6-11-19-36)27(32)29(38)34-24-20-21(2)14-15-22(24)3/h7-9,12-15,20,25-27,36H,4-6,10-11,16-19H2,1-3H3,(H,33,37)(H,34,38)/t25-,26+,27?,31+,32?/m1/s1. The molecule has 2 unspecified atom stereocenters. The summed E-state index contributed by atoms with van der Waals surface area (Å²) in [6.45, 7) is 6.47. The average molecular weight is 548 g/mol. The quantitative estimate of drug-likeness (QED) is 0.357. The fourth-order valence-corrected chi connectivity index (χ4v) is 7.22. The smallest absolute Gasteiger partial charge is 0.250 e. The fraction of sp³-hybridized carbons (Fsp3) is 0.531. The van der Waals surface area contributed by atoms with Crippen molar-refractivity contribution < 1.29 is 24.2 Å². The third kappa shape index (κ3) is 4.81. The van der Waals surface area contributed by atoms with E-state index in [0.29, 0.717) is 44.3 Å². The Kier molecular flexibility index (Phi) is 8.02. The van der Waals surface area contributed by atoms with Crippen LogP contribution >= 0.6 is 0 Å². The van der Waals surface area contributed by atoms with Crippen LogP contribution in [0.25, 0.3) is 0 Å². The molecule has 1 spiro atoms. The molecule has 3 N–H and O–H groups in total. The van der Waals surface area contributed by atoms with Crippen LogP contribution in [0.5, 0.6) is 0 Å². The lowest BCUT2D eigenvalue weighted by atomic mass is 9.65. The summed E-state index contributed by atoms with van der Waals surface area (Å²) in [6, 6.07) is 14.3. The van der Waals surface area contributed by atoms with Gasteiger partial charge in [-0.25, -0.2) is 0 Å². The Hall–Kier alpha value is -3.23. The number of hydrogen-bond donors (Lipinski definition) is 3. The summed E-state index contributed by atoms with van der Waals surface area (Å²) in [6.07, 6.45) is 4.87. The van der Waals surface area contributed by atoms with Gasteiger partial charge in [0, 0.05) is 24.5 Å². The highest BCUT2D eigenvalue weighted by atomic mass is 16.5. The SMILES string of the molecule is CC[C@@]12CCC3(O1)C(C(=O)Nc1cc(C)ccc1C)N(CCCCCCO)C(=O)[C@@H]3[C@@H]2C(=O)Nc1ccccc1. The van der Waals surface area contributed by atoms with E-state index in [2.05, 4.69) is 10.6 Å². The topological polar surface area (TPSA) is 108 Å². The Labute approximate surface area is 236 Å². The molecular weight excluding hydrogens is 506 g/mol. The minimum atomic E-state index is -1.06. The first kappa shape index (κ1) is 28.3.